The summed E-state index contributed by atoms with van der Waals surface area (Å²) in [6, 6.07) is 2.93. The van der Waals surface area contributed by atoms with E-state index in [4.69, 9.17) is 18.9 Å². The van der Waals surface area contributed by atoms with Gasteiger partial charge in [-0.25, -0.2) is 0 Å². The third-order valence-electron chi connectivity index (χ3n) is 4.39. The maximum atomic E-state index is 13.1. The van der Waals surface area contributed by atoms with Gasteiger partial charge >= 0.3 is 12.1 Å². The number of benzene rings is 1. The fraction of sp³-hybridized carbons (Fsp3) is 0.611. The van der Waals surface area contributed by atoms with Crippen LogP contribution in [0.25, 0.3) is 0 Å². The SMILES string of the molecule is COCC1(COC)CC(O)(CCOC(C)=O)c2ccc(C(F)(F)F)cc2O1. The van der Waals surface area contributed by atoms with Crippen LogP contribution in [0.5, 0.6) is 5.75 Å². The van der Waals surface area contributed by atoms with Crippen LogP contribution in [0.15, 0.2) is 18.2 Å². The van der Waals surface area contributed by atoms with Crippen molar-refractivity contribution in [3.8, 4) is 5.75 Å². The molecule has 0 saturated carbocycles. The van der Waals surface area contributed by atoms with E-state index in [1.54, 1.807) is 0 Å². The fourth-order valence-corrected chi connectivity index (χ4v) is 3.38. The molecule has 9 heteroatoms. The third-order valence-corrected chi connectivity index (χ3v) is 4.39. The molecule has 0 bridgehead atoms. The molecule has 152 valence electrons. The molecule has 1 aromatic rings. The molecule has 1 aliphatic rings. The Hall–Kier alpha value is -1.84. The average molecular weight is 392 g/mol. The van der Waals surface area contributed by atoms with Crippen molar-refractivity contribution < 1.29 is 42.0 Å². The highest BCUT2D eigenvalue weighted by molar-refractivity contribution is 5.65. The van der Waals surface area contributed by atoms with Gasteiger partial charge in [-0.1, -0.05) is 6.07 Å². The summed E-state index contributed by atoms with van der Waals surface area (Å²) in [5.74, 6) is -0.617. The highest BCUT2D eigenvalue weighted by Crippen LogP contribution is 2.47. The second-order valence-electron chi connectivity index (χ2n) is 6.66. The molecule has 0 spiro atoms. The van der Waals surface area contributed by atoms with Crippen LogP contribution in [0.2, 0.25) is 0 Å². The molecule has 1 N–H and O–H groups in total. The second kappa shape index (κ2) is 8.04. The predicted molar refractivity (Wildman–Crippen MR) is 88.3 cm³/mol. The summed E-state index contributed by atoms with van der Waals surface area (Å²) in [4.78, 5) is 11.0. The summed E-state index contributed by atoms with van der Waals surface area (Å²) >= 11 is 0. The van der Waals surface area contributed by atoms with E-state index in [9.17, 15) is 23.1 Å². The van der Waals surface area contributed by atoms with Crippen molar-refractivity contribution in [1.82, 2.24) is 0 Å². The molecule has 0 saturated heterocycles. The number of ether oxygens (including phenoxy) is 4. The molecule has 0 aliphatic carbocycles. The standard InChI is InChI=1S/C18H23F3O6/c1-12(22)26-7-6-17(23)9-16(10-24-2,11-25-3)27-15-8-13(18(19,20)21)4-5-14(15)17/h4-5,8,23H,6-7,9-11H2,1-3H3. The van der Waals surface area contributed by atoms with Gasteiger partial charge in [0.2, 0.25) is 0 Å². The highest BCUT2D eigenvalue weighted by atomic mass is 19.4. The lowest BCUT2D eigenvalue weighted by atomic mass is 9.77. The van der Waals surface area contributed by atoms with Crippen molar-refractivity contribution in [1.29, 1.82) is 0 Å². The molecule has 0 fully saturated rings. The molecule has 2 rings (SSSR count). The molecule has 27 heavy (non-hydrogen) atoms. The minimum absolute atomic E-state index is 0.00130. The number of esters is 1. The maximum Gasteiger partial charge on any atom is 0.416 e. The number of carbonyl (C=O) groups is 1. The topological polar surface area (TPSA) is 74.2 Å². The first kappa shape index (κ1) is 21.5. The van der Waals surface area contributed by atoms with Gasteiger partial charge in [0.1, 0.15) is 11.4 Å². The smallest absolute Gasteiger partial charge is 0.416 e. The van der Waals surface area contributed by atoms with Crippen LogP contribution < -0.4 is 4.74 Å². The Morgan fingerprint density at radius 1 is 1.26 bits per heavy atom. The maximum absolute atomic E-state index is 13.1. The van der Waals surface area contributed by atoms with Gasteiger partial charge in [0.15, 0.2) is 5.60 Å². The molecule has 0 amide bonds. The zero-order valence-corrected chi connectivity index (χ0v) is 15.4. The van der Waals surface area contributed by atoms with E-state index in [0.29, 0.717) is 0 Å². The molecule has 6 nitrogen and oxygen atoms in total. The van der Waals surface area contributed by atoms with Crippen molar-refractivity contribution in [3.05, 3.63) is 29.3 Å². The Kier molecular flexibility index (Phi) is 6.39. The van der Waals surface area contributed by atoms with E-state index >= 15 is 0 Å². The van der Waals surface area contributed by atoms with Gasteiger partial charge in [0.25, 0.3) is 0 Å². The van der Waals surface area contributed by atoms with Crippen LogP contribution in [-0.2, 0) is 30.8 Å². The number of hydrogen-bond donors (Lipinski definition) is 1. The molecule has 0 aromatic heterocycles. The van der Waals surface area contributed by atoms with Crippen molar-refractivity contribution in [2.24, 2.45) is 0 Å². The fourth-order valence-electron chi connectivity index (χ4n) is 3.38. The van der Waals surface area contributed by atoms with E-state index < -0.39 is 28.9 Å². The Balaban J connectivity index is 2.48. The van der Waals surface area contributed by atoms with Crippen LogP contribution >= 0.6 is 0 Å². The number of carbonyl (C=O) groups excluding carboxylic acids is 1. The van der Waals surface area contributed by atoms with E-state index in [-0.39, 0.29) is 44.0 Å². The van der Waals surface area contributed by atoms with Gasteiger partial charge in [-0.3, -0.25) is 4.79 Å². The van der Waals surface area contributed by atoms with Gasteiger partial charge in [0, 0.05) is 39.5 Å². The number of aliphatic hydroxyl groups is 1. The van der Waals surface area contributed by atoms with E-state index in [0.717, 1.165) is 12.1 Å². The molecule has 1 unspecified atom stereocenters. The van der Waals surface area contributed by atoms with E-state index in [1.165, 1.54) is 27.2 Å². The largest absolute Gasteiger partial charge is 0.482 e. The van der Waals surface area contributed by atoms with Gasteiger partial charge < -0.3 is 24.1 Å². The zero-order chi connectivity index (χ0) is 20.3. The predicted octanol–water partition coefficient (Wildman–Crippen LogP) is 2.66. The molecule has 1 atom stereocenters. The minimum atomic E-state index is -4.56. The quantitative estimate of drug-likeness (QED) is 0.720. The summed E-state index contributed by atoms with van der Waals surface area (Å²) in [5.41, 5.74) is -3.46. The van der Waals surface area contributed by atoms with Gasteiger partial charge in [0.05, 0.1) is 25.4 Å². The lowest BCUT2D eigenvalue weighted by Gasteiger charge is -2.45. The molecule has 1 aromatic carbocycles. The number of hydrogen-bond acceptors (Lipinski definition) is 6. The highest BCUT2D eigenvalue weighted by Gasteiger charge is 2.49. The lowest BCUT2D eigenvalue weighted by molar-refractivity contribution is -0.151. The first-order valence-electron chi connectivity index (χ1n) is 8.30. The average Bonchev–Trinajstić information content (AvgIpc) is 2.53. The monoisotopic (exact) mass is 392 g/mol. The summed E-state index contributed by atoms with van der Waals surface area (Å²) in [6.07, 6.45) is -4.57. The van der Waals surface area contributed by atoms with Crippen LogP contribution in [0.1, 0.15) is 30.9 Å². The minimum Gasteiger partial charge on any atom is -0.482 e. The van der Waals surface area contributed by atoms with Crippen molar-refractivity contribution >= 4 is 5.97 Å². The van der Waals surface area contributed by atoms with Crippen LogP contribution in [-0.4, -0.2) is 50.7 Å². The molecule has 1 heterocycles. The number of methoxy groups -OCH3 is 2. The molecular weight excluding hydrogens is 369 g/mol. The lowest BCUT2D eigenvalue weighted by Crippen LogP contribution is -2.54. The van der Waals surface area contributed by atoms with Gasteiger partial charge in [-0.05, 0) is 12.1 Å². The molecular formula is C18H23F3O6. The van der Waals surface area contributed by atoms with Crippen molar-refractivity contribution in [2.45, 2.75) is 37.1 Å². The first-order chi connectivity index (χ1) is 12.6. The van der Waals surface area contributed by atoms with Crippen LogP contribution in [0, 0.1) is 0 Å². The number of rotatable bonds is 7. The zero-order valence-electron chi connectivity index (χ0n) is 15.4. The first-order valence-corrected chi connectivity index (χ1v) is 8.30. The Morgan fingerprint density at radius 3 is 2.41 bits per heavy atom. The van der Waals surface area contributed by atoms with Crippen LogP contribution in [0.4, 0.5) is 13.2 Å². The van der Waals surface area contributed by atoms with Crippen molar-refractivity contribution in [2.75, 3.05) is 34.0 Å². The van der Waals surface area contributed by atoms with E-state index in [2.05, 4.69) is 0 Å². The van der Waals surface area contributed by atoms with Gasteiger partial charge in [-0.2, -0.15) is 13.2 Å². The van der Waals surface area contributed by atoms with Crippen molar-refractivity contribution in [3.63, 3.8) is 0 Å². The Labute approximate surface area is 155 Å². The second-order valence-corrected chi connectivity index (χ2v) is 6.66. The number of alkyl halides is 3. The van der Waals surface area contributed by atoms with Crippen LogP contribution in [0.3, 0.4) is 0 Å². The van der Waals surface area contributed by atoms with Gasteiger partial charge in [-0.15, -0.1) is 0 Å². The molecule has 1 aliphatic heterocycles. The summed E-state index contributed by atoms with van der Waals surface area (Å²) < 4.78 is 60.4. The summed E-state index contributed by atoms with van der Waals surface area (Å²) in [7, 11) is 2.83. The Bertz CT molecular complexity index is 670. The van der Waals surface area contributed by atoms with E-state index in [1.807, 2.05) is 0 Å². The summed E-state index contributed by atoms with van der Waals surface area (Å²) in [6.45, 7) is 1.12. The third kappa shape index (κ3) is 4.91. The summed E-state index contributed by atoms with van der Waals surface area (Å²) in [5, 5.41) is 11.3. The number of halogens is 3. The normalized spacial score (nSPS) is 21.3. The Morgan fingerprint density at radius 2 is 1.89 bits per heavy atom. The number of fused-ring (bicyclic) bond motifs is 1. The molecule has 0 radical (unpaired) electrons.